The van der Waals surface area contributed by atoms with Crippen LogP contribution in [0.3, 0.4) is 0 Å². The van der Waals surface area contributed by atoms with Crippen molar-refractivity contribution in [3.63, 3.8) is 0 Å². The summed E-state index contributed by atoms with van der Waals surface area (Å²) in [7, 11) is 0. The van der Waals surface area contributed by atoms with Gasteiger partial charge in [-0.2, -0.15) is 0 Å². The lowest BCUT2D eigenvalue weighted by atomic mass is 10.0. The summed E-state index contributed by atoms with van der Waals surface area (Å²) in [4.78, 5) is 0. The largest absolute Gasteiger partial charge is 0.373 e. The van der Waals surface area contributed by atoms with Crippen LogP contribution < -0.4 is 0 Å². The fourth-order valence-electron chi connectivity index (χ4n) is 2.42. The van der Waals surface area contributed by atoms with Crippen LogP contribution >= 0.6 is 0 Å². The van der Waals surface area contributed by atoms with Gasteiger partial charge < -0.3 is 4.74 Å². The normalized spacial score (nSPS) is 41.4. The first kappa shape index (κ1) is 6.66. The van der Waals surface area contributed by atoms with E-state index >= 15 is 0 Å². The summed E-state index contributed by atoms with van der Waals surface area (Å²) in [5.74, 6) is 0.819. The van der Waals surface area contributed by atoms with Gasteiger partial charge in [-0.25, -0.2) is 0 Å². The van der Waals surface area contributed by atoms with E-state index in [0.29, 0.717) is 16.9 Å². The zero-order chi connectivity index (χ0) is 7.57. The smallest absolute Gasteiger partial charge is 0.0848 e. The topological polar surface area (TPSA) is 12.5 Å². The molecule has 2 rings (SSSR count). The number of hydrogen-bond acceptors (Lipinski definition) is 1. The Balaban J connectivity index is 2.14. The molecule has 0 spiro atoms. The molecule has 2 fully saturated rings. The van der Waals surface area contributed by atoms with Gasteiger partial charge >= 0.3 is 0 Å². The van der Waals surface area contributed by atoms with Crippen molar-refractivity contribution in [2.24, 2.45) is 16.7 Å². The van der Waals surface area contributed by atoms with Crippen LogP contribution in [0.5, 0.6) is 0 Å². The summed E-state index contributed by atoms with van der Waals surface area (Å²) in [6.45, 7) is 10.4. The van der Waals surface area contributed by atoms with E-state index in [2.05, 4.69) is 27.7 Å². The average molecular weight is 140 g/mol. The third-order valence-electron chi connectivity index (χ3n) is 3.86. The van der Waals surface area contributed by atoms with Crippen molar-refractivity contribution in [3.05, 3.63) is 0 Å². The van der Waals surface area contributed by atoms with E-state index in [9.17, 15) is 0 Å². The first-order valence-electron chi connectivity index (χ1n) is 4.09. The Morgan fingerprint density at radius 2 is 1.50 bits per heavy atom. The Hall–Kier alpha value is -0.0400. The fraction of sp³-hybridized carbons (Fsp3) is 1.00. The van der Waals surface area contributed by atoms with Gasteiger partial charge in [0, 0.05) is 0 Å². The summed E-state index contributed by atoms with van der Waals surface area (Å²) >= 11 is 0. The van der Waals surface area contributed by atoms with E-state index in [4.69, 9.17) is 4.74 Å². The summed E-state index contributed by atoms with van der Waals surface area (Å²) in [6.07, 6.45) is 0.602. The Morgan fingerprint density at radius 3 is 1.60 bits per heavy atom. The van der Waals surface area contributed by atoms with Gasteiger partial charge in [0.05, 0.1) is 12.7 Å². The van der Waals surface area contributed by atoms with Crippen LogP contribution in [0.25, 0.3) is 0 Å². The molecule has 1 aliphatic carbocycles. The minimum Gasteiger partial charge on any atom is -0.373 e. The first-order valence-corrected chi connectivity index (χ1v) is 4.09. The Kier molecular flexibility index (Phi) is 0.949. The molecule has 1 nitrogen and oxygen atoms in total. The molecule has 0 amide bonds. The van der Waals surface area contributed by atoms with E-state index in [1.807, 2.05) is 0 Å². The molecule has 1 atom stereocenters. The predicted molar refractivity (Wildman–Crippen MR) is 40.8 cm³/mol. The summed E-state index contributed by atoms with van der Waals surface area (Å²) in [6, 6.07) is 0. The van der Waals surface area contributed by atoms with Crippen LogP contribution in [-0.2, 0) is 4.74 Å². The van der Waals surface area contributed by atoms with Gasteiger partial charge in [0.1, 0.15) is 0 Å². The van der Waals surface area contributed by atoms with Crippen molar-refractivity contribution in [3.8, 4) is 0 Å². The maximum atomic E-state index is 5.30. The second-order valence-electron chi connectivity index (χ2n) is 4.79. The monoisotopic (exact) mass is 140 g/mol. The van der Waals surface area contributed by atoms with Crippen molar-refractivity contribution in [1.29, 1.82) is 0 Å². The van der Waals surface area contributed by atoms with E-state index in [1.54, 1.807) is 0 Å². The maximum absolute atomic E-state index is 5.30. The van der Waals surface area contributed by atoms with Crippen LogP contribution in [0.2, 0.25) is 0 Å². The molecule has 1 saturated carbocycles. The van der Waals surface area contributed by atoms with E-state index < -0.39 is 0 Å². The SMILES string of the molecule is CC1(C)C([C@@H]2CO2)C1(C)C. The lowest BCUT2D eigenvalue weighted by Crippen LogP contribution is -1.96. The third kappa shape index (κ3) is 0.572. The van der Waals surface area contributed by atoms with Crippen LogP contribution in [-0.4, -0.2) is 12.7 Å². The lowest BCUT2D eigenvalue weighted by molar-refractivity contribution is 0.356. The maximum Gasteiger partial charge on any atom is 0.0848 e. The van der Waals surface area contributed by atoms with Crippen LogP contribution in [0, 0.1) is 16.7 Å². The molecule has 0 radical (unpaired) electrons. The van der Waals surface area contributed by atoms with Gasteiger partial charge in [-0.3, -0.25) is 0 Å². The van der Waals surface area contributed by atoms with Gasteiger partial charge in [0.25, 0.3) is 0 Å². The minimum atomic E-state index is 0.522. The fourth-order valence-corrected chi connectivity index (χ4v) is 2.42. The van der Waals surface area contributed by atoms with Gasteiger partial charge in [-0.15, -0.1) is 0 Å². The molecule has 1 saturated heterocycles. The van der Waals surface area contributed by atoms with Crippen LogP contribution in [0.15, 0.2) is 0 Å². The molecule has 0 aromatic carbocycles. The number of epoxide rings is 1. The Bertz CT molecular complexity index is 152. The molecule has 10 heavy (non-hydrogen) atoms. The van der Waals surface area contributed by atoms with Crippen molar-refractivity contribution in [2.45, 2.75) is 33.8 Å². The van der Waals surface area contributed by atoms with Gasteiger partial charge in [0.15, 0.2) is 0 Å². The molecule has 1 heteroatoms. The van der Waals surface area contributed by atoms with Gasteiger partial charge in [-0.05, 0) is 16.7 Å². The highest BCUT2D eigenvalue weighted by atomic mass is 16.6. The summed E-state index contributed by atoms with van der Waals surface area (Å²) < 4.78 is 5.30. The average Bonchev–Trinajstić information content (AvgIpc) is 2.53. The molecule has 0 N–H and O–H groups in total. The van der Waals surface area contributed by atoms with Crippen LogP contribution in [0.1, 0.15) is 27.7 Å². The zero-order valence-corrected chi connectivity index (χ0v) is 7.27. The molecule has 1 aliphatic heterocycles. The van der Waals surface area contributed by atoms with Crippen molar-refractivity contribution < 1.29 is 4.74 Å². The summed E-state index contributed by atoms with van der Waals surface area (Å²) in [5.41, 5.74) is 1.04. The molecular weight excluding hydrogens is 124 g/mol. The zero-order valence-electron chi connectivity index (χ0n) is 7.27. The molecule has 0 unspecified atom stereocenters. The Labute approximate surface area is 62.8 Å². The van der Waals surface area contributed by atoms with Crippen molar-refractivity contribution in [2.75, 3.05) is 6.61 Å². The molecule has 0 aromatic heterocycles. The second-order valence-corrected chi connectivity index (χ2v) is 4.79. The van der Waals surface area contributed by atoms with E-state index in [1.165, 1.54) is 0 Å². The highest BCUT2D eigenvalue weighted by molar-refractivity contribution is 5.17. The molecule has 58 valence electrons. The molecular formula is C9H16O. The second kappa shape index (κ2) is 1.42. The summed E-state index contributed by atoms with van der Waals surface area (Å²) in [5, 5.41) is 0. The predicted octanol–water partition coefficient (Wildman–Crippen LogP) is 2.07. The Morgan fingerprint density at radius 1 is 1.10 bits per heavy atom. The highest BCUT2D eigenvalue weighted by Crippen LogP contribution is 2.71. The highest BCUT2D eigenvalue weighted by Gasteiger charge is 2.69. The van der Waals surface area contributed by atoms with Crippen LogP contribution in [0.4, 0.5) is 0 Å². The van der Waals surface area contributed by atoms with Gasteiger partial charge in [-0.1, -0.05) is 27.7 Å². The van der Waals surface area contributed by atoms with Gasteiger partial charge in [0.2, 0.25) is 0 Å². The van der Waals surface area contributed by atoms with Crippen molar-refractivity contribution in [1.82, 2.24) is 0 Å². The molecule has 2 aliphatic rings. The quantitative estimate of drug-likeness (QED) is 0.508. The molecule has 0 aromatic rings. The first-order chi connectivity index (χ1) is 4.48. The minimum absolute atomic E-state index is 0.522. The number of hydrogen-bond donors (Lipinski definition) is 0. The lowest BCUT2D eigenvalue weighted by Gasteiger charge is -2.03. The molecule has 1 heterocycles. The van der Waals surface area contributed by atoms with E-state index in [0.717, 1.165) is 12.5 Å². The molecule has 0 bridgehead atoms. The third-order valence-corrected chi connectivity index (χ3v) is 3.86. The van der Waals surface area contributed by atoms with E-state index in [-0.39, 0.29) is 0 Å². The number of rotatable bonds is 1. The standard InChI is InChI=1S/C9H16O/c1-8(2)7(6-5-10-6)9(8,3)4/h6-7H,5H2,1-4H3/t6-/m0/s1. The number of ether oxygens (including phenoxy) is 1. The van der Waals surface area contributed by atoms with Crippen molar-refractivity contribution >= 4 is 0 Å².